The highest BCUT2D eigenvalue weighted by Gasteiger charge is 2.20. The molecule has 1 aromatic carbocycles. The molecule has 0 aliphatic carbocycles. The number of amides is 2. The summed E-state index contributed by atoms with van der Waals surface area (Å²) in [4.78, 5) is 31.6. The van der Waals surface area contributed by atoms with Crippen molar-refractivity contribution < 1.29 is 14.0 Å². The lowest BCUT2D eigenvalue weighted by Gasteiger charge is -2.21. The van der Waals surface area contributed by atoms with Crippen LogP contribution in [0.4, 0.5) is 0 Å². The zero-order valence-corrected chi connectivity index (χ0v) is 16.7. The Hall–Kier alpha value is -3.19. The smallest absolute Gasteiger partial charge is 0.276 e. The van der Waals surface area contributed by atoms with E-state index in [1.54, 1.807) is 16.2 Å². The molecule has 4 rings (SSSR count). The van der Waals surface area contributed by atoms with E-state index in [0.717, 1.165) is 22.4 Å². The van der Waals surface area contributed by atoms with Crippen LogP contribution in [-0.4, -0.2) is 34.8 Å². The maximum Gasteiger partial charge on any atom is 0.276 e. The Balaban J connectivity index is 1.34. The molecule has 3 aromatic rings. The van der Waals surface area contributed by atoms with Crippen LogP contribution >= 0.6 is 11.3 Å². The molecular formula is C22H21N3O3S. The number of benzene rings is 1. The molecule has 3 heterocycles. The van der Waals surface area contributed by atoms with Crippen molar-refractivity contribution in [2.24, 2.45) is 0 Å². The number of hydrogen-bond donors (Lipinski definition) is 1. The first-order chi connectivity index (χ1) is 14.2. The number of rotatable bonds is 6. The lowest BCUT2D eigenvalue weighted by Crippen LogP contribution is -2.33. The average Bonchev–Trinajstić information content (AvgIpc) is 3.45. The molecule has 0 unspecified atom stereocenters. The molecule has 29 heavy (non-hydrogen) atoms. The highest BCUT2D eigenvalue weighted by atomic mass is 32.1. The first-order valence-electron chi connectivity index (χ1n) is 9.47. The molecule has 0 atom stereocenters. The second kappa shape index (κ2) is 8.87. The summed E-state index contributed by atoms with van der Waals surface area (Å²) in [5, 5.41) is 4.89. The minimum atomic E-state index is -0.116. The summed E-state index contributed by atoms with van der Waals surface area (Å²) < 4.78 is 5.51. The average molecular weight is 407 g/mol. The lowest BCUT2D eigenvalue weighted by atomic mass is 10.1. The summed E-state index contributed by atoms with van der Waals surface area (Å²) in [6, 6.07) is 11.5. The van der Waals surface area contributed by atoms with Crippen LogP contribution in [0.1, 0.15) is 27.3 Å². The van der Waals surface area contributed by atoms with Gasteiger partial charge in [0.15, 0.2) is 5.69 Å². The number of carbonyl (C=O) groups excluding carboxylic acids is 2. The molecule has 0 fully saturated rings. The molecule has 1 aliphatic rings. The number of thiophene rings is 1. The third-order valence-electron chi connectivity index (χ3n) is 4.67. The van der Waals surface area contributed by atoms with Crippen molar-refractivity contribution in [3.05, 3.63) is 76.3 Å². The van der Waals surface area contributed by atoms with Crippen molar-refractivity contribution >= 4 is 23.2 Å². The largest absolute Gasteiger partial charge is 0.444 e. The molecule has 0 bridgehead atoms. The van der Waals surface area contributed by atoms with Gasteiger partial charge in [0.1, 0.15) is 6.26 Å². The summed E-state index contributed by atoms with van der Waals surface area (Å²) in [6.45, 7) is 1.76. The SMILES string of the molecule is O=C(Cc1cccs1)NCc1ccc(-c2nc(C(=O)N3CC=CCC3)co2)cc1. The maximum atomic E-state index is 12.5. The first kappa shape index (κ1) is 19.1. The van der Waals surface area contributed by atoms with Crippen LogP contribution in [0.2, 0.25) is 0 Å². The number of nitrogens with zero attached hydrogens (tertiary/aromatic N) is 2. The third-order valence-corrected chi connectivity index (χ3v) is 5.55. The van der Waals surface area contributed by atoms with Gasteiger partial charge in [0, 0.05) is 30.1 Å². The van der Waals surface area contributed by atoms with Crippen molar-refractivity contribution in [3.63, 3.8) is 0 Å². The van der Waals surface area contributed by atoms with Crippen LogP contribution in [0.25, 0.3) is 11.5 Å². The Labute approximate surface area is 172 Å². The van der Waals surface area contributed by atoms with Crippen molar-refractivity contribution in [1.29, 1.82) is 0 Å². The van der Waals surface area contributed by atoms with Gasteiger partial charge in [-0.2, -0.15) is 0 Å². The highest BCUT2D eigenvalue weighted by molar-refractivity contribution is 7.10. The van der Waals surface area contributed by atoms with Crippen molar-refractivity contribution in [2.45, 2.75) is 19.4 Å². The summed E-state index contributed by atoms with van der Waals surface area (Å²) in [5.74, 6) is 0.295. The predicted octanol–water partition coefficient (Wildman–Crippen LogP) is 3.66. The van der Waals surface area contributed by atoms with Crippen LogP contribution in [0.15, 0.2) is 64.6 Å². The van der Waals surface area contributed by atoms with Crippen molar-refractivity contribution in [2.75, 3.05) is 13.1 Å². The molecule has 1 aliphatic heterocycles. The number of nitrogens with one attached hydrogen (secondary N) is 1. The Morgan fingerprint density at radius 2 is 2.03 bits per heavy atom. The summed E-state index contributed by atoms with van der Waals surface area (Å²) in [5.41, 5.74) is 2.09. The number of oxazole rings is 1. The molecule has 2 aromatic heterocycles. The molecule has 148 valence electrons. The fraction of sp³-hybridized carbons (Fsp3) is 0.227. The molecule has 2 amide bonds. The topological polar surface area (TPSA) is 75.4 Å². The van der Waals surface area contributed by atoms with E-state index in [4.69, 9.17) is 4.42 Å². The van der Waals surface area contributed by atoms with Crippen LogP contribution < -0.4 is 5.32 Å². The van der Waals surface area contributed by atoms with E-state index in [9.17, 15) is 9.59 Å². The standard InChI is InChI=1S/C22H21N3O3S/c26-20(13-18-5-4-12-29-18)23-14-16-6-8-17(9-7-16)21-24-19(15-28-21)22(27)25-10-2-1-3-11-25/h1-2,4-9,12,15H,3,10-11,13-14H2,(H,23,26). The second-order valence-electron chi connectivity index (χ2n) is 6.78. The van der Waals surface area contributed by atoms with Gasteiger partial charge < -0.3 is 14.6 Å². The van der Waals surface area contributed by atoms with Gasteiger partial charge in [-0.1, -0.05) is 30.4 Å². The second-order valence-corrected chi connectivity index (χ2v) is 7.81. The third kappa shape index (κ3) is 4.81. The molecule has 0 spiro atoms. The predicted molar refractivity (Wildman–Crippen MR) is 111 cm³/mol. The van der Waals surface area contributed by atoms with Gasteiger partial charge in [0.25, 0.3) is 5.91 Å². The molecule has 6 nitrogen and oxygen atoms in total. The zero-order valence-electron chi connectivity index (χ0n) is 15.8. The van der Waals surface area contributed by atoms with Crippen molar-refractivity contribution in [1.82, 2.24) is 15.2 Å². The van der Waals surface area contributed by atoms with E-state index >= 15 is 0 Å². The van der Waals surface area contributed by atoms with Crippen molar-refractivity contribution in [3.8, 4) is 11.5 Å². The fourth-order valence-corrected chi connectivity index (χ4v) is 3.80. The van der Waals surface area contributed by atoms with Crippen LogP contribution in [0.5, 0.6) is 0 Å². The Kier molecular flexibility index (Phi) is 5.86. The monoisotopic (exact) mass is 407 g/mol. The number of aromatic nitrogens is 1. The van der Waals surface area contributed by atoms with Gasteiger partial charge in [-0.05, 0) is 35.6 Å². The maximum absolute atomic E-state index is 12.5. The molecule has 0 saturated carbocycles. The van der Waals surface area contributed by atoms with Gasteiger partial charge in [-0.15, -0.1) is 11.3 Å². The van der Waals surface area contributed by atoms with E-state index in [0.29, 0.717) is 37.6 Å². The molecule has 1 N–H and O–H groups in total. The lowest BCUT2D eigenvalue weighted by molar-refractivity contribution is -0.120. The van der Waals surface area contributed by atoms with E-state index in [-0.39, 0.29) is 11.8 Å². The quantitative estimate of drug-likeness (QED) is 0.633. The molecule has 0 saturated heterocycles. The Morgan fingerprint density at radius 1 is 1.17 bits per heavy atom. The highest BCUT2D eigenvalue weighted by Crippen LogP contribution is 2.20. The van der Waals surface area contributed by atoms with Crippen LogP contribution in [0, 0.1) is 0 Å². The summed E-state index contributed by atoms with van der Waals surface area (Å²) in [6.07, 6.45) is 6.73. The van der Waals surface area contributed by atoms with E-state index < -0.39 is 0 Å². The number of hydrogen-bond acceptors (Lipinski definition) is 5. The van der Waals surface area contributed by atoms with Gasteiger partial charge in [0.05, 0.1) is 6.42 Å². The molecular weight excluding hydrogens is 386 g/mol. The molecule has 7 heteroatoms. The summed E-state index contributed by atoms with van der Waals surface area (Å²) >= 11 is 1.58. The minimum Gasteiger partial charge on any atom is -0.444 e. The van der Waals surface area contributed by atoms with E-state index in [1.165, 1.54) is 6.26 Å². The molecule has 0 radical (unpaired) electrons. The minimum absolute atomic E-state index is 0.0000559. The number of carbonyl (C=O) groups is 2. The first-order valence-corrected chi connectivity index (χ1v) is 10.4. The Bertz CT molecular complexity index is 1010. The van der Waals surface area contributed by atoms with Crippen LogP contribution in [-0.2, 0) is 17.8 Å². The van der Waals surface area contributed by atoms with Gasteiger partial charge in [-0.25, -0.2) is 4.98 Å². The van der Waals surface area contributed by atoms with Gasteiger partial charge in [0.2, 0.25) is 11.8 Å². The zero-order chi connectivity index (χ0) is 20.1. The summed E-state index contributed by atoms with van der Waals surface area (Å²) in [7, 11) is 0. The van der Waals surface area contributed by atoms with E-state index in [2.05, 4.69) is 16.4 Å². The fourth-order valence-electron chi connectivity index (χ4n) is 3.09. The van der Waals surface area contributed by atoms with Gasteiger partial charge in [-0.3, -0.25) is 9.59 Å². The Morgan fingerprint density at radius 3 is 2.76 bits per heavy atom. The normalized spacial score (nSPS) is 13.4. The van der Waals surface area contributed by atoms with Crippen LogP contribution in [0.3, 0.4) is 0 Å². The van der Waals surface area contributed by atoms with E-state index in [1.807, 2.05) is 47.9 Å². The van der Waals surface area contributed by atoms with Gasteiger partial charge >= 0.3 is 0 Å².